The zero-order valence-corrected chi connectivity index (χ0v) is 12.2. The molecule has 1 fully saturated rings. The molecule has 1 aliphatic heterocycles. The number of nitrogens with zero attached hydrogens (tertiary/aromatic N) is 2. The third-order valence-electron chi connectivity index (χ3n) is 3.98. The Morgan fingerprint density at radius 3 is 2.90 bits per heavy atom. The van der Waals surface area contributed by atoms with Crippen molar-refractivity contribution in [3.8, 4) is 0 Å². The number of rotatable bonds is 4. The first-order valence-electron chi connectivity index (χ1n) is 7.23. The summed E-state index contributed by atoms with van der Waals surface area (Å²) in [6.07, 6.45) is 4.51. The van der Waals surface area contributed by atoms with Crippen LogP contribution in [0.3, 0.4) is 0 Å². The smallest absolute Gasteiger partial charge is 0.329 e. The van der Waals surface area contributed by atoms with Crippen molar-refractivity contribution in [3.05, 3.63) is 30.1 Å². The van der Waals surface area contributed by atoms with Crippen LogP contribution < -0.4 is 5.32 Å². The van der Waals surface area contributed by atoms with Crippen LogP contribution in [0.15, 0.2) is 24.4 Å². The second-order valence-electron chi connectivity index (χ2n) is 5.49. The van der Waals surface area contributed by atoms with Gasteiger partial charge in [0, 0.05) is 31.4 Å². The first-order valence-corrected chi connectivity index (χ1v) is 7.23. The first-order chi connectivity index (χ1) is 10.0. The summed E-state index contributed by atoms with van der Waals surface area (Å²) in [4.78, 5) is 29.3. The molecule has 2 rings (SSSR count). The first kappa shape index (κ1) is 15.3. The van der Waals surface area contributed by atoms with Gasteiger partial charge in [-0.2, -0.15) is 0 Å². The zero-order chi connectivity index (χ0) is 15.3. The SMILES string of the molecule is CC1(C(=O)O)CCCCN1C(=O)NCCc1ccccn1. The lowest BCUT2D eigenvalue weighted by Gasteiger charge is -2.41. The molecule has 6 heteroatoms. The van der Waals surface area contributed by atoms with Crippen molar-refractivity contribution < 1.29 is 14.7 Å². The zero-order valence-electron chi connectivity index (χ0n) is 12.2. The lowest BCUT2D eigenvalue weighted by molar-refractivity contribution is -0.150. The van der Waals surface area contributed by atoms with Crippen LogP contribution in [0.5, 0.6) is 0 Å². The molecule has 21 heavy (non-hydrogen) atoms. The van der Waals surface area contributed by atoms with Crippen LogP contribution in [-0.4, -0.2) is 45.6 Å². The van der Waals surface area contributed by atoms with Crippen LogP contribution in [0, 0.1) is 0 Å². The standard InChI is InChI=1S/C15H21N3O3/c1-15(13(19)20)8-3-5-11-18(15)14(21)17-10-7-12-6-2-4-9-16-12/h2,4,6,9H,3,5,7-8,10-11H2,1H3,(H,17,21)(H,19,20). The highest BCUT2D eigenvalue weighted by atomic mass is 16.4. The second-order valence-corrected chi connectivity index (χ2v) is 5.49. The topological polar surface area (TPSA) is 82.5 Å². The van der Waals surface area contributed by atoms with Crippen molar-refractivity contribution in [2.45, 2.75) is 38.1 Å². The van der Waals surface area contributed by atoms with Gasteiger partial charge in [-0.15, -0.1) is 0 Å². The number of pyridine rings is 1. The molecule has 1 aliphatic rings. The number of carboxylic acids is 1. The average molecular weight is 291 g/mol. The molecule has 1 aromatic rings. The van der Waals surface area contributed by atoms with E-state index in [4.69, 9.17) is 0 Å². The molecule has 2 N–H and O–H groups in total. The van der Waals surface area contributed by atoms with E-state index in [0.717, 1.165) is 18.5 Å². The number of likely N-dealkylation sites (tertiary alicyclic amines) is 1. The van der Waals surface area contributed by atoms with E-state index < -0.39 is 11.5 Å². The summed E-state index contributed by atoms with van der Waals surface area (Å²) in [6, 6.07) is 5.33. The summed E-state index contributed by atoms with van der Waals surface area (Å²) in [7, 11) is 0. The van der Waals surface area contributed by atoms with Crippen molar-refractivity contribution in [2.75, 3.05) is 13.1 Å². The molecule has 1 aromatic heterocycles. The third kappa shape index (κ3) is 3.51. The molecule has 114 valence electrons. The molecule has 1 atom stereocenters. The van der Waals surface area contributed by atoms with Gasteiger partial charge in [0.2, 0.25) is 0 Å². The Hall–Kier alpha value is -2.11. The fourth-order valence-corrected chi connectivity index (χ4v) is 2.61. The lowest BCUT2D eigenvalue weighted by Crippen LogP contribution is -2.60. The quantitative estimate of drug-likeness (QED) is 0.884. The van der Waals surface area contributed by atoms with Gasteiger partial charge in [0.1, 0.15) is 5.54 Å². The summed E-state index contributed by atoms with van der Waals surface area (Å²) in [5, 5.41) is 12.2. The van der Waals surface area contributed by atoms with Crippen LogP contribution in [0.1, 0.15) is 31.9 Å². The van der Waals surface area contributed by atoms with E-state index in [1.54, 1.807) is 13.1 Å². The van der Waals surface area contributed by atoms with Crippen LogP contribution in [0.25, 0.3) is 0 Å². The third-order valence-corrected chi connectivity index (χ3v) is 3.98. The fourth-order valence-electron chi connectivity index (χ4n) is 2.61. The van der Waals surface area contributed by atoms with Crippen molar-refractivity contribution >= 4 is 12.0 Å². The monoisotopic (exact) mass is 291 g/mol. The molecular formula is C15H21N3O3. The fraction of sp³-hybridized carbons (Fsp3) is 0.533. The maximum absolute atomic E-state index is 12.2. The summed E-state index contributed by atoms with van der Waals surface area (Å²) in [5.41, 5.74) is -0.203. The Bertz CT molecular complexity index is 506. The van der Waals surface area contributed by atoms with Gasteiger partial charge in [-0.05, 0) is 38.3 Å². The second kappa shape index (κ2) is 6.56. The number of aromatic nitrogens is 1. The molecular weight excluding hydrogens is 270 g/mol. The van der Waals surface area contributed by atoms with Crippen LogP contribution in [0.2, 0.25) is 0 Å². The summed E-state index contributed by atoms with van der Waals surface area (Å²) in [6.45, 7) is 2.55. The van der Waals surface area contributed by atoms with E-state index in [1.807, 2.05) is 18.2 Å². The maximum atomic E-state index is 12.2. The van der Waals surface area contributed by atoms with Crippen LogP contribution in [0.4, 0.5) is 4.79 Å². The number of carboxylic acid groups (broad SMARTS) is 1. The number of piperidine rings is 1. The van der Waals surface area contributed by atoms with Gasteiger partial charge >= 0.3 is 12.0 Å². The summed E-state index contributed by atoms with van der Waals surface area (Å²) >= 11 is 0. The molecule has 1 unspecified atom stereocenters. The number of amides is 2. The van der Waals surface area contributed by atoms with Gasteiger partial charge in [0.05, 0.1) is 0 Å². The molecule has 0 aromatic carbocycles. The van der Waals surface area contributed by atoms with E-state index >= 15 is 0 Å². The largest absolute Gasteiger partial charge is 0.480 e. The Balaban J connectivity index is 1.91. The van der Waals surface area contributed by atoms with E-state index in [0.29, 0.717) is 25.9 Å². The highest BCUT2D eigenvalue weighted by Crippen LogP contribution is 2.28. The molecule has 0 radical (unpaired) electrons. The minimum absolute atomic E-state index is 0.310. The number of hydrogen-bond donors (Lipinski definition) is 2. The number of carbonyl (C=O) groups is 2. The maximum Gasteiger partial charge on any atom is 0.329 e. The van der Waals surface area contributed by atoms with Gasteiger partial charge in [-0.3, -0.25) is 4.98 Å². The summed E-state index contributed by atoms with van der Waals surface area (Å²) in [5.74, 6) is -0.943. The molecule has 2 heterocycles. The van der Waals surface area contributed by atoms with Gasteiger partial charge in [-0.1, -0.05) is 6.07 Å². The van der Waals surface area contributed by atoms with E-state index in [9.17, 15) is 14.7 Å². The molecule has 0 aliphatic carbocycles. The minimum atomic E-state index is -1.10. The van der Waals surface area contributed by atoms with Crippen molar-refractivity contribution in [1.82, 2.24) is 15.2 Å². The van der Waals surface area contributed by atoms with E-state index in [2.05, 4.69) is 10.3 Å². The number of urea groups is 1. The highest BCUT2D eigenvalue weighted by molar-refractivity contribution is 5.86. The Labute approximate surface area is 124 Å². The van der Waals surface area contributed by atoms with Crippen molar-refractivity contribution in [1.29, 1.82) is 0 Å². The Morgan fingerprint density at radius 1 is 1.43 bits per heavy atom. The predicted molar refractivity (Wildman–Crippen MR) is 77.9 cm³/mol. The van der Waals surface area contributed by atoms with Gasteiger partial charge in [0.15, 0.2) is 0 Å². The van der Waals surface area contributed by atoms with Crippen LogP contribution in [-0.2, 0) is 11.2 Å². The Morgan fingerprint density at radius 2 is 2.24 bits per heavy atom. The molecule has 2 amide bonds. The molecule has 6 nitrogen and oxygen atoms in total. The number of aliphatic carboxylic acids is 1. The van der Waals surface area contributed by atoms with E-state index in [-0.39, 0.29) is 6.03 Å². The Kier molecular flexibility index (Phi) is 4.77. The molecule has 0 bridgehead atoms. The molecule has 0 spiro atoms. The highest BCUT2D eigenvalue weighted by Gasteiger charge is 2.43. The lowest BCUT2D eigenvalue weighted by atomic mass is 9.89. The number of carbonyl (C=O) groups excluding carboxylic acids is 1. The number of hydrogen-bond acceptors (Lipinski definition) is 3. The van der Waals surface area contributed by atoms with Crippen molar-refractivity contribution in [3.63, 3.8) is 0 Å². The molecule has 1 saturated heterocycles. The van der Waals surface area contributed by atoms with Gasteiger partial charge < -0.3 is 15.3 Å². The van der Waals surface area contributed by atoms with Crippen molar-refractivity contribution in [2.24, 2.45) is 0 Å². The average Bonchev–Trinajstić information content (AvgIpc) is 2.48. The predicted octanol–water partition coefficient (Wildman–Crippen LogP) is 1.66. The number of nitrogens with one attached hydrogen (secondary N) is 1. The summed E-state index contributed by atoms with van der Waals surface area (Å²) < 4.78 is 0. The normalized spacial score (nSPS) is 21.9. The van der Waals surface area contributed by atoms with Crippen LogP contribution >= 0.6 is 0 Å². The van der Waals surface area contributed by atoms with E-state index in [1.165, 1.54) is 4.90 Å². The minimum Gasteiger partial charge on any atom is -0.480 e. The molecule has 0 saturated carbocycles. The van der Waals surface area contributed by atoms with Gasteiger partial charge in [0.25, 0.3) is 0 Å². The van der Waals surface area contributed by atoms with Gasteiger partial charge in [-0.25, -0.2) is 9.59 Å².